The minimum absolute atomic E-state index is 0.364. The molecule has 2 aromatic rings. The summed E-state index contributed by atoms with van der Waals surface area (Å²) in [5.41, 5.74) is 6.77. The zero-order valence-electron chi connectivity index (χ0n) is 10.7. The van der Waals surface area contributed by atoms with E-state index in [0.29, 0.717) is 18.5 Å². The minimum Gasteiger partial charge on any atom is -0.351 e. The van der Waals surface area contributed by atoms with Gasteiger partial charge >= 0.3 is 0 Å². The molecule has 2 atom stereocenters. The van der Waals surface area contributed by atoms with Crippen LogP contribution in [0.2, 0.25) is 0 Å². The number of aryl methyl sites for hydroxylation is 1. The number of hydrogen-bond acceptors (Lipinski definition) is 5. The molecule has 6 nitrogen and oxygen atoms in total. The molecule has 18 heavy (non-hydrogen) atoms. The molecule has 0 aromatic carbocycles. The molecule has 1 fully saturated rings. The maximum absolute atomic E-state index is 5.90. The number of nitrogens with two attached hydrogens (primary N) is 1. The van der Waals surface area contributed by atoms with Gasteiger partial charge in [0.15, 0.2) is 5.65 Å². The summed E-state index contributed by atoms with van der Waals surface area (Å²) in [4.78, 5) is 11.0. The lowest BCUT2D eigenvalue weighted by molar-refractivity contribution is 0.518. The van der Waals surface area contributed by atoms with Crippen LogP contribution < -0.4 is 10.6 Å². The largest absolute Gasteiger partial charge is 0.351 e. The maximum Gasteiger partial charge on any atom is 0.163 e. The molecule has 0 amide bonds. The number of rotatable bonds is 2. The second kappa shape index (κ2) is 4.20. The van der Waals surface area contributed by atoms with E-state index in [9.17, 15) is 0 Å². The van der Waals surface area contributed by atoms with Gasteiger partial charge in [-0.15, -0.1) is 0 Å². The molecule has 1 aliphatic rings. The summed E-state index contributed by atoms with van der Waals surface area (Å²) in [5, 5.41) is 5.26. The number of fused-ring (bicyclic) bond motifs is 1. The van der Waals surface area contributed by atoms with E-state index < -0.39 is 0 Å². The standard InChI is InChI=1S/C12H18N6/c1-8-3-4-18(10(8)5-13)12-9-6-16-17(2)11(9)14-7-15-12/h6-8,10H,3-5,13H2,1-2H3. The first-order chi connectivity index (χ1) is 8.72. The third kappa shape index (κ3) is 1.56. The van der Waals surface area contributed by atoms with E-state index in [1.54, 1.807) is 11.0 Å². The summed E-state index contributed by atoms with van der Waals surface area (Å²) in [6.45, 7) is 3.91. The Labute approximate surface area is 106 Å². The Kier molecular flexibility index (Phi) is 2.66. The highest BCUT2D eigenvalue weighted by Crippen LogP contribution is 2.31. The second-order valence-corrected chi connectivity index (χ2v) is 4.97. The molecule has 3 heterocycles. The lowest BCUT2D eigenvalue weighted by Gasteiger charge is -2.26. The molecule has 0 bridgehead atoms. The summed E-state index contributed by atoms with van der Waals surface area (Å²) >= 11 is 0. The average Bonchev–Trinajstić information content (AvgIpc) is 2.93. The van der Waals surface area contributed by atoms with Gasteiger partial charge in [-0.1, -0.05) is 6.92 Å². The van der Waals surface area contributed by atoms with Crippen LogP contribution in [-0.2, 0) is 7.05 Å². The van der Waals surface area contributed by atoms with Crippen molar-refractivity contribution in [2.75, 3.05) is 18.0 Å². The lowest BCUT2D eigenvalue weighted by atomic mass is 10.0. The summed E-state index contributed by atoms with van der Waals surface area (Å²) < 4.78 is 1.78. The summed E-state index contributed by atoms with van der Waals surface area (Å²) in [6.07, 6.45) is 4.60. The fourth-order valence-corrected chi connectivity index (χ4v) is 2.81. The van der Waals surface area contributed by atoms with Gasteiger partial charge in [-0.25, -0.2) is 9.97 Å². The van der Waals surface area contributed by atoms with E-state index >= 15 is 0 Å². The SMILES string of the molecule is CC1CCN(c2ncnc3c2cnn3C)C1CN. The molecular weight excluding hydrogens is 228 g/mol. The van der Waals surface area contributed by atoms with Gasteiger partial charge in [0.25, 0.3) is 0 Å². The number of hydrogen-bond donors (Lipinski definition) is 1. The molecule has 3 rings (SSSR count). The molecule has 0 aliphatic carbocycles. The van der Waals surface area contributed by atoms with Gasteiger partial charge in [0.1, 0.15) is 12.1 Å². The monoisotopic (exact) mass is 246 g/mol. The van der Waals surface area contributed by atoms with Crippen LogP contribution in [0.25, 0.3) is 11.0 Å². The Morgan fingerprint density at radius 3 is 3.06 bits per heavy atom. The van der Waals surface area contributed by atoms with Gasteiger partial charge in [-0.3, -0.25) is 4.68 Å². The molecule has 2 aromatic heterocycles. The van der Waals surface area contributed by atoms with Crippen molar-refractivity contribution in [3.05, 3.63) is 12.5 Å². The zero-order valence-corrected chi connectivity index (χ0v) is 10.7. The lowest BCUT2D eigenvalue weighted by Crippen LogP contribution is -2.39. The van der Waals surface area contributed by atoms with Crippen LogP contribution in [0, 0.1) is 5.92 Å². The van der Waals surface area contributed by atoms with Crippen molar-refractivity contribution in [3.8, 4) is 0 Å². The fourth-order valence-electron chi connectivity index (χ4n) is 2.81. The Morgan fingerprint density at radius 2 is 2.28 bits per heavy atom. The molecule has 1 aliphatic heterocycles. The molecule has 0 radical (unpaired) electrons. The van der Waals surface area contributed by atoms with Crippen molar-refractivity contribution in [3.63, 3.8) is 0 Å². The van der Waals surface area contributed by atoms with E-state index in [1.807, 2.05) is 13.2 Å². The molecule has 0 spiro atoms. The van der Waals surface area contributed by atoms with Crippen molar-refractivity contribution in [1.82, 2.24) is 19.7 Å². The Balaban J connectivity index is 2.09. The Hall–Kier alpha value is -1.69. The van der Waals surface area contributed by atoms with Crippen LogP contribution in [0.5, 0.6) is 0 Å². The first-order valence-electron chi connectivity index (χ1n) is 6.31. The third-order valence-electron chi connectivity index (χ3n) is 3.90. The van der Waals surface area contributed by atoms with Crippen molar-refractivity contribution in [1.29, 1.82) is 0 Å². The van der Waals surface area contributed by atoms with Crippen molar-refractivity contribution < 1.29 is 0 Å². The molecule has 2 N–H and O–H groups in total. The van der Waals surface area contributed by atoms with E-state index in [2.05, 4.69) is 26.9 Å². The van der Waals surface area contributed by atoms with E-state index in [0.717, 1.165) is 29.8 Å². The van der Waals surface area contributed by atoms with Gasteiger partial charge < -0.3 is 10.6 Å². The summed E-state index contributed by atoms with van der Waals surface area (Å²) in [7, 11) is 1.89. The highest BCUT2D eigenvalue weighted by atomic mass is 15.3. The Morgan fingerprint density at radius 1 is 1.44 bits per heavy atom. The van der Waals surface area contributed by atoms with Crippen LogP contribution in [-0.4, -0.2) is 38.9 Å². The molecule has 1 saturated heterocycles. The quantitative estimate of drug-likeness (QED) is 0.837. The second-order valence-electron chi connectivity index (χ2n) is 4.97. The van der Waals surface area contributed by atoms with Gasteiger partial charge in [-0.05, 0) is 12.3 Å². The smallest absolute Gasteiger partial charge is 0.163 e. The van der Waals surface area contributed by atoms with Crippen molar-refractivity contribution in [2.24, 2.45) is 18.7 Å². The number of aromatic nitrogens is 4. The van der Waals surface area contributed by atoms with Gasteiger partial charge in [0.05, 0.1) is 11.6 Å². The topological polar surface area (TPSA) is 72.9 Å². The van der Waals surface area contributed by atoms with Crippen molar-refractivity contribution >= 4 is 16.9 Å². The minimum atomic E-state index is 0.364. The van der Waals surface area contributed by atoms with Gasteiger partial charge in [0.2, 0.25) is 0 Å². The molecular formula is C12H18N6. The molecule has 96 valence electrons. The predicted octanol–water partition coefficient (Wildman–Crippen LogP) is 0.537. The fraction of sp³-hybridized carbons (Fsp3) is 0.583. The average molecular weight is 246 g/mol. The third-order valence-corrected chi connectivity index (χ3v) is 3.90. The summed E-state index contributed by atoms with van der Waals surface area (Å²) in [6, 6.07) is 0.364. The molecule has 6 heteroatoms. The first kappa shape index (κ1) is 11.4. The van der Waals surface area contributed by atoms with E-state index in [-0.39, 0.29) is 0 Å². The van der Waals surface area contributed by atoms with Crippen LogP contribution in [0.3, 0.4) is 0 Å². The van der Waals surface area contributed by atoms with Crippen LogP contribution in [0.4, 0.5) is 5.82 Å². The first-order valence-corrected chi connectivity index (χ1v) is 6.31. The van der Waals surface area contributed by atoms with Crippen LogP contribution in [0.1, 0.15) is 13.3 Å². The number of nitrogens with zero attached hydrogens (tertiary/aromatic N) is 5. The summed E-state index contributed by atoms with van der Waals surface area (Å²) in [5.74, 6) is 1.57. The number of anilines is 1. The van der Waals surface area contributed by atoms with E-state index in [4.69, 9.17) is 5.73 Å². The Bertz CT molecular complexity index is 563. The normalized spacial score (nSPS) is 24.1. The van der Waals surface area contributed by atoms with Gasteiger partial charge in [0, 0.05) is 26.2 Å². The zero-order chi connectivity index (χ0) is 12.7. The molecule has 2 unspecified atom stereocenters. The van der Waals surface area contributed by atoms with Crippen molar-refractivity contribution in [2.45, 2.75) is 19.4 Å². The van der Waals surface area contributed by atoms with Gasteiger partial charge in [-0.2, -0.15) is 5.10 Å². The maximum atomic E-state index is 5.90. The van der Waals surface area contributed by atoms with Crippen LogP contribution >= 0.6 is 0 Å². The highest BCUT2D eigenvalue weighted by molar-refractivity contribution is 5.86. The highest BCUT2D eigenvalue weighted by Gasteiger charge is 2.32. The van der Waals surface area contributed by atoms with Crippen LogP contribution in [0.15, 0.2) is 12.5 Å². The van der Waals surface area contributed by atoms with E-state index in [1.165, 1.54) is 0 Å². The predicted molar refractivity (Wildman–Crippen MR) is 70.3 cm³/mol. The molecule has 0 saturated carbocycles.